The molecule has 0 fully saturated rings. The van der Waals surface area contributed by atoms with E-state index in [0.29, 0.717) is 17.1 Å². The summed E-state index contributed by atoms with van der Waals surface area (Å²) < 4.78 is 10.6. The number of carbonyl (C=O) groups excluding carboxylic acids is 1. The minimum atomic E-state index is -0.234. The fourth-order valence-electron chi connectivity index (χ4n) is 1.91. The molecule has 3 N–H and O–H groups in total. The number of carbonyl (C=O) groups is 1. The van der Waals surface area contributed by atoms with Crippen molar-refractivity contribution in [3.63, 3.8) is 0 Å². The highest BCUT2D eigenvalue weighted by atomic mass is 16.5. The van der Waals surface area contributed by atoms with Crippen molar-refractivity contribution in [1.82, 2.24) is 0 Å². The maximum Gasteiger partial charge on any atom is 0.262 e. The Morgan fingerprint density at radius 3 is 2.71 bits per heavy atom. The summed E-state index contributed by atoms with van der Waals surface area (Å²) in [6.45, 7) is 1.84. The summed E-state index contributed by atoms with van der Waals surface area (Å²) in [5.74, 6) is 1.11. The van der Waals surface area contributed by atoms with Gasteiger partial charge in [-0.2, -0.15) is 0 Å². The van der Waals surface area contributed by atoms with E-state index in [1.807, 2.05) is 19.1 Å². The molecule has 2 aromatic rings. The number of benzene rings is 2. The van der Waals surface area contributed by atoms with Gasteiger partial charge in [-0.1, -0.05) is 6.07 Å². The molecule has 0 aromatic heterocycles. The van der Waals surface area contributed by atoms with Gasteiger partial charge in [0.15, 0.2) is 6.61 Å². The van der Waals surface area contributed by atoms with Crippen LogP contribution in [0.15, 0.2) is 42.5 Å². The second-order valence-corrected chi connectivity index (χ2v) is 4.59. The summed E-state index contributed by atoms with van der Waals surface area (Å²) in [5.41, 5.74) is 7.89. The average molecular weight is 286 g/mol. The largest absolute Gasteiger partial charge is 0.496 e. The molecule has 0 aliphatic carbocycles. The number of ether oxygens (including phenoxy) is 2. The molecule has 0 saturated carbocycles. The zero-order valence-corrected chi connectivity index (χ0v) is 12.1. The highest BCUT2D eigenvalue weighted by Gasteiger charge is 2.06. The van der Waals surface area contributed by atoms with Crippen molar-refractivity contribution in [2.45, 2.75) is 6.92 Å². The number of nitrogens with two attached hydrogens (primary N) is 1. The van der Waals surface area contributed by atoms with Gasteiger partial charge in [-0.25, -0.2) is 0 Å². The van der Waals surface area contributed by atoms with Gasteiger partial charge >= 0.3 is 0 Å². The van der Waals surface area contributed by atoms with Gasteiger partial charge < -0.3 is 20.5 Å². The Balaban J connectivity index is 1.91. The number of hydrogen-bond donors (Lipinski definition) is 2. The maximum atomic E-state index is 11.8. The van der Waals surface area contributed by atoms with E-state index in [1.54, 1.807) is 37.4 Å². The molecule has 21 heavy (non-hydrogen) atoms. The van der Waals surface area contributed by atoms with Crippen molar-refractivity contribution in [2.24, 2.45) is 0 Å². The van der Waals surface area contributed by atoms with Gasteiger partial charge in [0.2, 0.25) is 0 Å². The minimum Gasteiger partial charge on any atom is -0.496 e. The molecular formula is C16H18N2O3. The zero-order chi connectivity index (χ0) is 15.2. The first-order chi connectivity index (χ1) is 10.1. The van der Waals surface area contributed by atoms with E-state index in [1.165, 1.54) is 0 Å². The molecule has 0 spiro atoms. The van der Waals surface area contributed by atoms with E-state index in [-0.39, 0.29) is 12.5 Å². The lowest BCUT2D eigenvalue weighted by Gasteiger charge is -2.10. The third-order valence-electron chi connectivity index (χ3n) is 2.91. The summed E-state index contributed by atoms with van der Waals surface area (Å²) in [4.78, 5) is 11.8. The average Bonchev–Trinajstić information content (AvgIpc) is 2.45. The van der Waals surface area contributed by atoms with Gasteiger partial charge in [0.25, 0.3) is 5.91 Å². The Morgan fingerprint density at radius 2 is 2.05 bits per heavy atom. The van der Waals surface area contributed by atoms with E-state index in [9.17, 15) is 4.79 Å². The lowest BCUT2D eigenvalue weighted by atomic mass is 10.2. The van der Waals surface area contributed by atoms with Crippen molar-refractivity contribution in [2.75, 3.05) is 24.8 Å². The molecule has 0 heterocycles. The quantitative estimate of drug-likeness (QED) is 0.829. The Kier molecular flexibility index (Phi) is 4.66. The zero-order valence-electron chi connectivity index (χ0n) is 12.1. The number of amides is 1. The van der Waals surface area contributed by atoms with Crippen LogP contribution in [-0.2, 0) is 4.79 Å². The van der Waals surface area contributed by atoms with Crippen LogP contribution in [0.1, 0.15) is 5.56 Å². The number of methoxy groups -OCH3 is 1. The van der Waals surface area contributed by atoms with Crippen LogP contribution >= 0.6 is 0 Å². The highest BCUT2D eigenvalue weighted by molar-refractivity contribution is 5.92. The molecule has 0 aliphatic heterocycles. The normalized spacial score (nSPS) is 10.0. The summed E-state index contributed by atoms with van der Waals surface area (Å²) in [6, 6.07) is 12.4. The number of aryl methyl sites for hydroxylation is 1. The fourth-order valence-corrected chi connectivity index (χ4v) is 1.91. The van der Waals surface area contributed by atoms with Crippen LogP contribution in [0, 0.1) is 6.92 Å². The molecule has 0 unspecified atom stereocenters. The van der Waals surface area contributed by atoms with Crippen LogP contribution in [0.5, 0.6) is 11.5 Å². The first-order valence-corrected chi connectivity index (χ1v) is 6.51. The van der Waals surface area contributed by atoms with Gasteiger partial charge in [-0.15, -0.1) is 0 Å². The third-order valence-corrected chi connectivity index (χ3v) is 2.91. The molecule has 0 atom stereocenters. The van der Waals surface area contributed by atoms with Crippen LogP contribution in [0.3, 0.4) is 0 Å². The summed E-state index contributed by atoms with van der Waals surface area (Å²) in [7, 11) is 1.61. The van der Waals surface area contributed by atoms with Crippen LogP contribution in [0.2, 0.25) is 0 Å². The molecule has 110 valence electrons. The van der Waals surface area contributed by atoms with E-state index in [4.69, 9.17) is 15.2 Å². The van der Waals surface area contributed by atoms with Crippen molar-refractivity contribution in [1.29, 1.82) is 0 Å². The summed E-state index contributed by atoms with van der Waals surface area (Å²) in [6.07, 6.45) is 0. The van der Waals surface area contributed by atoms with E-state index >= 15 is 0 Å². The molecule has 2 aromatic carbocycles. The number of nitrogen functional groups attached to an aromatic ring is 1. The molecule has 5 heteroatoms. The van der Waals surface area contributed by atoms with Gasteiger partial charge in [0.05, 0.1) is 7.11 Å². The van der Waals surface area contributed by atoms with Gasteiger partial charge in [-0.3, -0.25) is 4.79 Å². The molecule has 0 saturated heterocycles. The maximum absolute atomic E-state index is 11.8. The fraction of sp³-hybridized carbons (Fsp3) is 0.188. The number of rotatable bonds is 5. The van der Waals surface area contributed by atoms with Crippen molar-refractivity contribution in [3.8, 4) is 11.5 Å². The summed E-state index contributed by atoms with van der Waals surface area (Å²) >= 11 is 0. The van der Waals surface area contributed by atoms with Crippen LogP contribution < -0.4 is 20.5 Å². The molecular weight excluding hydrogens is 268 g/mol. The molecule has 1 amide bonds. The molecule has 2 rings (SSSR count). The SMILES string of the molecule is COc1ccc(NC(=O)COc2cccc(N)c2)cc1C. The second kappa shape index (κ2) is 6.65. The first-order valence-electron chi connectivity index (χ1n) is 6.51. The standard InChI is InChI=1S/C16H18N2O3/c1-11-8-13(6-7-15(11)20-2)18-16(19)10-21-14-5-3-4-12(17)9-14/h3-9H,10,17H2,1-2H3,(H,18,19). The van der Waals surface area contributed by atoms with Crippen molar-refractivity contribution in [3.05, 3.63) is 48.0 Å². The summed E-state index contributed by atoms with van der Waals surface area (Å²) in [5, 5.41) is 2.77. The predicted molar refractivity (Wildman–Crippen MR) is 82.7 cm³/mol. The number of hydrogen-bond acceptors (Lipinski definition) is 4. The molecule has 0 aliphatic rings. The molecule has 5 nitrogen and oxygen atoms in total. The number of nitrogens with one attached hydrogen (secondary N) is 1. The predicted octanol–water partition coefficient (Wildman–Crippen LogP) is 2.60. The van der Waals surface area contributed by atoms with Crippen molar-refractivity contribution >= 4 is 17.3 Å². The molecule has 0 radical (unpaired) electrons. The Hall–Kier alpha value is -2.69. The smallest absolute Gasteiger partial charge is 0.262 e. The Bertz CT molecular complexity index is 641. The van der Waals surface area contributed by atoms with Crippen LogP contribution in [0.4, 0.5) is 11.4 Å². The van der Waals surface area contributed by atoms with E-state index in [0.717, 1.165) is 11.3 Å². The lowest BCUT2D eigenvalue weighted by molar-refractivity contribution is -0.118. The second-order valence-electron chi connectivity index (χ2n) is 4.59. The van der Waals surface area contributed by atoms with E-state index in [2.05, 4.69) is 5.32 Å². The minimum absolute atomic E-state index is 0.0749. The number of anilines is 2. The Morgan fingerprint density at radius 1 is 1.24 bits per heavy atom. The van der Waals surface area contributed by atoms with Crippen LogP contribution in [-0.4, -0.2) is 19.6 Å². The van der Waals surface area contributed by atoms with Gasteiger partial charge in [0, 0.05) is 17.4 Å². The third kappa shape index (κ3) is 4.14. The first kappa shape index (κ1) is 14.7. The van der Waals surface area contributed by atoms with Crippen LogP contribution in [0.25, 0.3) is 0 Å². The van der Waals surface area contributed by atoms with Gasteiger partial charge in [-0.05, 0) is 42.8 Å². The molecule has 0 bridgehead atoms. The van der Waals surface area contributed by atoms with Crippen molar-refractivity contribution < 1.29 is 14.3 Å². The lowest BCUT2D eigenvalue weighted by Crippen LogP contribution is -2.20. The monoisotopic (exact) mass is 286 g/mol. The van der Waals surface area contributed by atoms with E-state index < -0.39 is 0 Å². The Labute approximate surface area is 123 Å². The van der Waals surface area contributed by atoms with Gasteiger partial charge in [0.1, 0.15) is 11.5 Å². The highest BCUT2D eigenvalue weighted by Crippen LogP contribution is 2.21. The topological polar surface area (TPSA) is 73.6 Å².